The maximum absolute atomic E-state index is 10.4. The number of nitrogens with two attached hydrogens (primary N) is 1. The zero-order valence-electron chi connectivity index (χ0n) is 13.3. The van der Waals surface area contributed by atoms with E-state index in [0.29, 0.717) is 10.0 Å². The summed E-state index contributed by atoms with van der Waals surface area (Å²) in [6.45, 7) is 3.81. The van der Waals surface area contributed by atoms with Crippen LogP contribution in [0.1, 0.15) is 31.0 Å². The number of nitrogens with zero attached hydrogens (tertiary/aromatic N) is 1. The van der Waals surface area contributed by atoms with Crippen molar-refractivity contribution >= 4 is 64.5 Å². The van der Waals surface area contributed by atoms with Gasteiger partial charge in [-0.3, -0.25) is 4.99 Å². The summed E-state index contributed by atoms with van der Waals surface area (Å²) < 4.78 is 0. The van der Waals surface area contributed by atoms with E-state index in [4.69, 9.17) is 28.9 Å². The molecule has 0 aliphatic carbocycles. The summed E-state index contributed by atoms with van der Waals surface area (Å²) in [4.78, 5) is 4.23. The molecule has 2 unspecified atom stereocenters. The van der Waals surface area contributed by atoms with E-state index >= 15 is 0 Å². The van der Waals surface area contributed by atoms with Gasteiger partial charge < -0.3 is 16.2 Å². The van der Waals surface area contributed by atoms with Gasteiger partial charge in [0.25, 0.3) is 0 Å². The fourth-order valence-corrected chi connectivity index (χ4v) is 3.45. The van der Waals surface area contributed by atoms with Gasteiger partial charge in [-0.15, -0.1) is 24.0 Å². The molecule has 0 amide bonds. The van der Waals surface area contributed by atoms with E-state index < -0.39 is 5.60 Å². The van der Waals surface area contributed by atoms with Gasteiger partial charge in [-0.1, -0.05) is 29.3 Å². The molecule has 0 bridgehead atoms. The number of nitrogens with one attached hydrogen (secondary N) is 1. The summed E-state index contributed by atoms with van der Waals surface area (Å²) >= 11 is 13.6. The van der Waals surface area contributed by atoms with Crippen molar-refractivity contribution in [2.75, 3.05) is 6.54 Å². The Labute approximate surface area is 173 Å². The van der Waals surface area contributed by atoms with Gasteiger partial charge in [0, 0.05) is 10.0 Å². The van der Waals surface area contributed by atoms with Gasteiger partial charge in [0.2, 0.25) is 0 Å². The van der Waals surface area contributed by atoms with Crippen LogP contribution < -0.4 is 11.1 Å². The first-order chi connectivity index (χ1) is 10.8. The molecule has 1 heterocycles. The fraction of sp³-hybridized carbons (Fsp3) is 0.312. The third-order valence-electron chi connectivity index (χ3n) is 3.49. The lowest BCUT2D eigenvalue weighted by atomic mass is 10.00. The zero-order valence-corrected chi connectivity index (χ0v) is 18.0. The number of rotatable bonds is 5. The van der Waals surface area contributed by atoms with Crippen LogP contribution in [0.25, 0.3) is 0 Å². The second kappa shape index (κ2) is 9.24. The molecule has 24 heavy (non-hydrogen) atoms. The van der Waals surface area contributed by atoms with Crippen LogP contribution >= 0.6 is 58.5 Å². The van der Waals surface area contributed by atoms with Crippen molar-refractivity contribution in [1.29, 1.82) is 0 Å². The number of hydrogen-bond donors (Lipinski definition) is 3. The molecule has 132 valence electrons. The topological polar surface area (TPSA) is 70.6 Å². The van der Waals surface area contributed by atoms with Crippen molar-refractivity contribution < 1.29 is 5.11 Å². The van der Waals surface area contributed by atoms with Crippen LogP contribution in [0.5, 0.6) is 0 Å². The molecule has 0 aliphatic rings. The van der Waals surface area contributed by atoms with Crippen molar-refractivity contribution in [2.45, 2.75) is 25.5 Å². The maximum atomic E-state index is 10.4. The van der Waals surface area contributed by atoms with Crippen molar-refractivity contribution in [1.82, 2.24) is 5.32 Å². The van der Waals surface area contributed by atoms with Gasteiger partial charge in [0.05, 0.1) is 12.6 Å². The molecule has 1 aromatic carbocycles. The molecule has 2 aromatic rings. The lowest BCUT2D eigenvalue weighted by Gasteiger charge is -2.21. The summed E-state index contributed by atoms with van der Waals surface area (Å²) in [6.07, 6.45) is 0. The van der Waals surface area contributed by atoms with E-state index in [2.05, 4.69) is 10.3 Å². The van der Waals surface area contributed by atoms with Crippen molar-refractivity contribution in [3.05, 3.63) is 56.2 Å². The zero-order chi connectivity index (χ0) is 17.0. The van der Waals surface area contributed by atoms with Crippen molar-refractivity contribution in [2.24, 2.45) is 10.7 Å². The molecule has 0 fully saturated rings. The number of hydrogen-bond acceptors (Lipinski definition) is 3. The highest BCUT2D eigenvalue weighted by atomic mass is 127. The Morgan fingerprint density at radius 1 is 1.42 bits per heavy atom. The van der Waals surface area contributed by atoms with Gasteiger partial charge in [-0.25, -0.2) is 0 Å². The maximum Gasteiger partial charge on any atom is 0.189 e. The molecule has 8 heteroatoms. The largest absolute Gasteiger partial charge is 0.383 e. The molecule has 0 saturated heterocycles. The SMILES string of the molecule is CC(NC(N)=NCC(C)(O)c1ccsc1)c1ccc(Cl)cc1Cl.I. The van der Waals surface area contributed by atoms with E-state index in [1.165, 1.54) is 11.3 Å². The number of thiophene rings is 1. The normalized spacial score (nSPS) is 15.3. The molecule has 0 radical (unpaired) electrons. The summed E-state index contributed by atoms with van der Waals surface area (Å²) in [5.74, 6) is 0.249. The minimum atomic E-state index is -1.05. The molecule has 0 aliphatic heterocycles. The second-order valence-electron chi connectivity index (χ2n) is 5.52. The minimum absolute atomic E-state index is 0. The van der Waals surface area contributed by atoms with Crippen LogP contribution in [0, 0.1) is 0 Å². The van der Waals surface area contributed by atoms with Crippen LogP contribution in [-0.4, -0.2) is 17.6 Å². The lowest BCUT2D eigenvalue weighted by molar-refractivity contribution is 0.0677. The fourth-order valence-electron chi connectivity index (χ4n) is 2.10. The van der Waals surface area contributed by atoms with Crippen LogP contribution in [0.15, 0.2) is 40.0 Å². The lowest BCUT2D eigenvalue weighted by Crippen LogP contribution is -2.36. The smallest absolute Gasteiger partial charge is 0.189 e. The predicted octanol–water partition coefficient (Wildman–Crippen LogP) is 4.55. The molecule has 0 spiro atoms. The number of benzene rings is 1. The van der Waals surface area contributed by atoms with Gasteiger partial charge >= 0.3 is 0 Å². The van der Waals surface area contributed by atoms with Crippen LogP contribution in [0.3, 0.4) is 0 Å². The Balaban J connectivity index is 0.00000288. The summed E-state index contributed by atoms with van der Waals surface area (Å²) in [5.41, 5.74) is 6.57. The molecular weight excluding hydrogens is 480 g/mol. The summed E-state index contributed by atoms with van der Waals surface area (Å²) in [7, 11) is 0. The number of aliphatic imine (C=N–C) groups is 1. The van der Waals surface area contributed by atoms with E-state index in [-0.39, 0.29) is 42.5 Å². The first kappa shape index (κ1) is 21.5. The van der Waals surface area contributed by atoms with Gasteiger partial charge in [-0.05, 0) is 53.9 Å². The van der Waals surface area contributed by atoms with Crippen LogP contribution in [0.4, 0.5) is 0 Å². The average molecular weight is 500 g/mol. The number of halogens is 3. The first-order valence-electron chi connectivity index (χ1n) is 7.06. The van der Waals surface area contributed by atoms with Crippen LogP contribution in [0.2, 0.25) is 10.0 Å². The molecule has 1 aromatic heterocycles. The average Bonchev–Trinajstić information content (AvgIpc) is 3.00. The Hall–Kier alpha value is -0.540. The quantitative estimate of drug-likeness (QED) is 0.321. The minimum Gasteiger partial charge on any atom is -0.383 e. The van der Waals surface area contributed by atoms with Gasteiger partial charge in [0.1, 0.15) is 5.60 Å². The standard InChI is InChI=1S/C16H19Cl2N3OS.HI/c1-10(13-4-3-12(17)7-14(13)18)21-15(19)20-9-16(2,22)11-5-6-23-8-11;/h3-8,10,22H,9H2,1-2H3,(H3,19,20,21);1H. The van der Waals surface area contributed by atoms with Gasteiger partial charge in [-0.2, -0.15) is 11.3 Å². The predicted molar refractivity (Wildman–Crippen MR) is 114 cm³/mol. The molecule has 4 N–H and O–H groups in total. The number of guanidine groups is 1. The van der Waals surface area contributed by atoms with E-state index in [1.807, 2.05) is 29.8 Å². The molecule has 2 atom stereocenters. The summed E-state index contributed by atoms with van der Waals surface area (Å²) in [5, 5.41) is 18.5. The summed E-state index contributed by atoms with van der Waals surface area (Å²) in [6, 6.07) is 7.05. The monoisotopic (exact) mass is 499 g/mol. The molecule has 4 nitrogen and oxygen atoms in total. The van der Waals surface area contributed by atoms with E-state index in [1.54, 1.807) is 19.1 Å². The number of aliphatic hydroxyl groups is 1. The Morgan fingerprint density at radius 2 is 2.12 bits per heavy atom. The molecule has 2 rings (SSSR count). The van der Waals surface area contributed by atoms with E-state index in [9.17, 15) is 5.11 Å². The molecular formula is C16H20Cl2IN3OS. The van der Waals surface area contributed by atoms with Gasteiger partial charge in [0.15, 0.2) is 5.96 Å². The van der Waals surface area contributed by atoms with Crippen LogP contribution in [-0.2, 0) is 5.60 Å². The Kier molecular flexibility index (Phi) is 8.28. The molecule has 0 saturated carbocycles. The third-order valence-corrected chi connectivity index (χ3v) is 4.74. The van der Waals surface area contributed by atoms with E-state index in [0.717, 1.165) is 11.1 Å². The second-order valence-corrected chi connectivity index (χ2v) is 7.14. The highest BCUT2D eigenvalue weighted by Gasteiger charge is 2.23. The van der Waals surface area contributed by atoms with Crippen molar-refractivity contribution in [3.63, 3.8) is 0 Å². The Bertz CT molecular complexity index is 693. The highest BCUT2D eigenvalue weighted by Crippen LogP contribution is 2.26. The first-order valence-corrected chi connectivity index (χ1v) is 8.76. The third kappa shape index (κ3) is 5.77. The highest BCUT2D eigenvalue weighted by molar-refractivity contribution is 14.0. The van der Waals surface area contributed by atoms with Crippen molar-refractivity contribution in [3.8, 4) is 0 Å². The Morgan fingerprint density at radius 3 is 2.71 bits per heavy atom.